The minimum atomic E-state index is 0.461. The molecule has 0 spiro atoms. The minimum Gasteiger partial charge on any atom is -0.323 e. The number of anilines is 2. The van der Waals surface area contributed by atoms with Gasteiger partial charge in [0.15, 0.2) is 0 Å². The summed E-state index contributed by atoms with van der Waals surface area (Å²) in [4.78, 5) is 13.3. The summed E-state index contributed by atoms with van der Waals surface area (Å²) in [6, 6.07) is 3.95. The Morgan fingerprint density at radius 2 is 2.30 bits per heavy atom. The van der Waals surface area contributed by atoms with Gasteiger partial charge in [-0.3, -0.25) is 4.98 Å². The zero-order valence-corrected chi connectivity index (χ0v) is 11.6. The van der Waals surface area contributed by atoms with Gasteiger partial charge in [-0.25, -0.2) is 9.97 Å². The average Bonchev–Trinajstić information content (AvgIpc) is 2.51. The van der Waals surface area contributed by atoms with E-state index < -0.39 is 0 Å². The van der Waals surface area contributed by atoms with Crippen LogP contribution >= 0.6 is 0 Å². The predicted octanol–water partition coefficient (Wildman–Crippen LogP) is 2.39. The molecule has 2 aromatic heterocycles. The number of nitrogens with one attached hydrogen (secondary N) is 2. The lowest BCUT2D eigenvalue weighted by Crippen LogP contribution is -2.29. The first kappa shape index (κ1) is 13.0. The number of piperidine rings is 1. The molecular weight excluding hydrogens is 250 g/mol. The van der Waals surface area contributed by atoms with E-state index in [-0.39, 0.29) is 0 Å². The van der Waals surface area contributed by atoms with E-state index >= 15 is 0 Å². The molecule has 5 nitrogen and oxygen atoms in total. The van der Waals surface area contributed by atoms with Gasteiger partial charge in [0, 0.05) is 24.9 Å². The Morgan fingerprint density at radius 1 is 1.35 bits per heavy atom. The molecule has 3 rings (SSSR count). The first-order chi connectivity index (χ1) is 9.83. The van der Waals surface area contributed by atoms with Crippen molar-refractivity contribution in [1.82, 2.24) is 20.3 Å². The molecule has 1 aliphatic heterocycles. The molecule has 1 aliphatic rings. The van der Waals surface area contributed by atoms with Gasteiger partial charge in [0.2, 0.25) is 0 Å². The Balaban J connectivity index is 1.79. The molecule has 2 N–H and O–H groups in total. The molecule has 0 saturated carbocycles. The lowest BCUT2D eigenvalue weighted by atomic mass is 9.96. The largest absolute Gasteiger partial charge is 0.323 e. The van der Waals surface area contributed by atoms with Crippen LogP contribution in [0.1, 0.15) is 30.0 Å². The van der Waals surface area contributed by atoms with Crippen LogP contribution in [0.3, 0.4) is 0 Å². The molecule has 0 aromatic carbocycles. The van der Waals surface area contributed by atoms with Crippen molar-refractivity contribution in [2.45, 2.75) is 25.7 Å². The monoisotopic (exact) mass is 269 g/mol. The third kappa shape index (κ3) is 2.93. The van der Waals surface area contributed by atoms with Crippen molar-refractivity contribution in [3.05, 3.63) is 42.0 Å². The van der Waals surface area contributed by atoms with Crippen LogP contribution in [0.25, 0.3) is 0 Å². The molecule has 1 unspecified atom stereocenters. The van der Waals surface area contributed by atoms with Crippen molar-refractivity contribution >= 4 is 11.6 Å². The first-order valence-corrected chi connectivity index (χ1v) is 7.04. The molecule has 20 heavy (non-hydrogen) atoms. The van der Waals surface area contributed by atoms with Gasteiger partial charge in [0.25, 0.3) is 0 Å². The second-order valence-electron chi connectivity index (χ2n) is 5.17. The number of hydrogen-bond acceptors (Lipinski definition) is 5. The molecule has 3 heterocycles. The van der Waals surface area contributed by atoms with Crippen molar-refractivity contribution in [2.24, 2.45) is 0 Å². The van der Waals surface area contributed by atoms with Crippen LogP contribution in [-0.4, -0.2) is 28.0 Å². The molecule has 1 saturated heterocycles. The number of aromatic nitrogens is 3. The van der Waals surface area contributed by atoms with Gasteiger partial charge in [-0.2, -0.15) is 0 Å². The van der Waals surface area contributed by atoms with Crippen LogP contribution in [0.2, 0.25) is 0 Å². The van der Waals surface area contributed by atoms with Crippen LogP contribution in [0.5, 0.6) is 0 Å². The van der Waals surface area contributed by atoms with Crippen molar-refractivity contribution in [3.8, 4) is 0 Å². The summed E-state index contributed by atoms with van der Waals surface area (Å²) in [6.45, 7) is 4.12. The Kier molecular flexibility index (Phi) is 3.87. The van der Waals surface area contributed by atoms with Gasteiger partial charge >= 0.3 is 0 Å². The fraction of sp³-hybridized carbons (Fsp3) is 0.400. The Bertz CT molecular complexity index is 578. The van der Waals surface area contributed by atoms with E-state index in [1.54, 1.807) is 12.4 Å². The standard InChI is InChI=1S/C15H19N5/c1-11-4-2-7-18-15(11)20-14-10-17-9-13(19-14)12-5-3-6-16-8-12/h2,4,7,9-10,12,16H,3,5-6,8H2,1H3,(H,18,19,20). The maximum absolute atomic E-state index is 4.68. The summed E-state index contributed by atoms with van der Waals surface area (Å²) in [5, 5.41) is 6.66. The van der Waals surface area contributed by atoms with Crippen molar-refractivity contribution < 1.29 is 0 Å². The van der Waals surface area contributed by atoms with Crippen molar-refractivity contribution in [1.29, 1.82) is 0 Å². The number of rotatable bonds is 3. The van der Waals surface area contributed by atoms with Crippen molar-refractivity contribution in [2.75, 3.05) is 18.4 Å². The maximum atomic E-state index is 4.68. The third-order valence-corrected chi connectivity index (χ3v) is 3.62. The highest BCUT2D eigenvalue weighted by molar-refractivity contribution is 5.54. The molecule has 104 valence electrons. The van der Waals surface area contributed by atoms with Gasteiger partial charge in [0.1, 0.15) is 11.6 Å². The zero-order chi connectivity index (χ0) is 13.8. The molecule has 0 radical (unpaired) electrons. The van der Waals surface area contributed by atoms with E-state index in [4.69, 9.17) is 0 Å². The normalized spacial score (nSPS) is 18.8. The predicted molar refractivity (Wildman–Crippen MR) is 79.1 cm³/mol. The molecule has 0 bridgehead atoms. The van der Waals surface area contributed by atoms with Crippen LogP contribution in [-0.2, 0) is 0 Å². The van der Waals surface area contributed by atoms with E-state index in [0.29, 0.717) is 5.92 Å². The molecule has 0 amide bonds. The highest BCUT2D eigenvalue weighted by Crippen LogP contribution is 2.23. The number of hydrogen-bond donors (Lipinski definition) is 2. The fourth-order valence-electron chi connectivity index (χ4n) is 2.48. The highest BCUT2D eigenvalue weighted by atomic mass is 15.1. The molecule has 1 atom stereocenters. The fourth-order valence-corrected chi connectivity index (χ4v) is 2.48. The first-order valence-electron chi connectivity index (χ1n) is 7.04. The minimum absolute atomic E-state index is 0.461. The third-order valence-electron chi connectivity index (χ3n) is 3.62. The van der Waals surface area contributed by atoms with Gasteiger partial charge in [-0.15, -0.1) is 0 Å². The molecule has 5 heteroatoms. The van der Waals surface area contributed by atoms with E-state index in [2.05, 4.69) is 25.6 Å². The molecule has 2 aromatic rings. The summed E-state index contributed by atoms with van der Waals surface area (Å²) in [5.74, 6) is 2.05. The average molecular weight is 269 g/mol. The van der Waals surface area contributed by atoms with Gasteiger partial charge in [0.05, 0.1) is 11.9 Å². The summed E-state index contributed by atoms with van der Waals surface area (Å²) < 4.78 is 0. The van der Waals surface area contributed by atoms with Gasteiger partial charge < -0.3 is 10.6 Å². The van der Waals surface area contributed by atoms with Crippen LogP contribution in [0, 0.1) is 6.92 Å². The Hall–Kier alpha value is -2.01. The SMILES string of the molecule is Cc1cccnc1Nc1cncc(C2CCCNC2)n1. The van der Waals surface area contributed by atoms with E-state index in [1.165, 1.54) is 12.8 Å². The second-order valence-corrected chi connectivity index (χ2v) is 5.17. The topological polar surface area (TPSA) is 62.7 Å². The zero-order valence-electron chi connectivity index (χ0n) is 11.6. The van der Waals surface area contributed by atoms with Crippen LogP contribution in [0.15, 0.2) is 30.7 Å². The lowest BCUT2D eigenvalue weighted by Gasteiger charge is -2.22. The number of nitrogens with zero attached hydrogens (tertiary/aromatic N) is 3. The number of aryl methyl sites for hydroxylation is 1. The van der Waals surface area contributed by atoms with Gasteiger partial charge in [-0.05, 0) is 37.9 Å². The smallest absolute Gasteiger partial charge is 0.150 e. The Morgan fingerprint density at radius 3 is 3.10 bits per heavy atom. The quantitative estimate of drug-likeness (QED) is 0.896. The lowest BCUT2D eigenvalue weighted by molar-refractivity contribution is 0.454. The highest BCUT2D eigenvalue weighted by Gasteiger charge is 2.17. The molecule has 0 aliphatic carbocycles. The van der Waals surface area contributed by atoms with Crippen molar-refractivity contribution in [3.63, 3.8) is 0 Å². The Labute approximate surface area is 118 Å². The number of pyridine rings is 1. The van der Waals surface area contributed by atoms with E-state index in [1.807, 2.05) is 25.3 Å². The summed E-state index contributed by atoms with van der Waals surface area (Å²) >= 11 is 0. The summed E-state index contributed by atoms with van der Waals surface area (Å²) in [7, 11) is 0. The summed E-state index contributed by atoms with van der Waals surface area (Å²) in [6.07, 6.45) is 7.76. The van der Waals surface area contributed by atoms with E-state index in [9.17, 15) is 0 Å². The van der Waals surface area contributed by atoms with Gasteiger partial charge in [-0.1, -0.05) is 6.07 Å². The van der Waals surface area contributed by atoms with Crippen LogP contribution < -0.4 is 10.6 Å². The summed E-state index contributed by atoms with van der Waals surface area (Å²) in [5.41, 5.74) is 2.15. The maximum Gasteiger partial charge on any atom is 0.150 e. The second kappa shape index (κ2) is 5.96. The molecular formula is C15H19N5. The molecule has 1 fully saturated rings. The van der Waals surface area contributed by atoms with E-state index in [0.717, 1.165) is 36.0 Å². The van der Waals surface area contributed by atoms with Crippen LogP contribution in [0.4, 0.5) is 11.6 Å².